The maximum absolute atomic E-state index is 13.3. The molecule has 1 aromatic rings. The first kappa shape index (κ1) is 12.5. The van der Waals surface area contributed by atoms with Gasteiger partial charge in [-0.15, -0.1) is 0 Å². The lowest BCUT2D eigenvalue weighted by atomic mass is 10.2. The summed E-state index contributed by atoms with van der Waals surface area (Å²) in [5.41, 5.74) is 0.415. The molecule has 1 nitrogen and oxygen atoms in total. The molecule has 0 amide bonds. The van der Waals surface area contributed by atoms with Crippen LogP contribution in [-0.4, -0.2) is 17.1 Å². The van der Waals surface area contributed by atoms with Crippen molar-refractivity contribution >= 4 is 11.9 Å². The molecule has 0 saturated carbocycles. The van der Waals surface area contributed by atoms with E-state index >= 15 is 0 Å². The number of benzene rings is 1. The normalized spacial score (nSPS) is 11.0. The summed E-state index contributed by atoms with van der Waals surface area (Å²) in [6.07, 6.45) is 2.94. The van der Waals surface area contributed by atoms with Crippen molar-refractivity contribution in [3.8, 4) is 0 Å². The fourth-order valence-corrected chi connectivity index (χ4v) is 1.97. The summed E-state index contributed by atoms with van der Waals surface area (Å²) in [7, 11) is 0. The van der Waals surface area contributed by atoms with E-state index in [0.29, 0.717) is 12.1 Å². The van der Waals surface area contributed by atoms with Crippen LogP contribution in [0.15, 0.2) is 18.2 Å². The minimum absolute atomic E-state index is 0.341. The first-order valence-electron chi connectivity index (χ1n) is 4.90. The Morgan fingerprint density at radius 1 is 1.33 bits per heavy atom. The highest BCUT2D eigenvalue weighted by atomic mass is 32.2. The second-order valence-corrected chi connectivity index (χ2v) is 4.16. The summed E-state index contributed by atoms with van der Waals surface area (Å²) >= 11 is 1.55. The Labute approximate surface area is 93.6 Å². The van der Waals surface area contributed by atoms with Crippen LogP contribution in [0.2, 0.25) is 0 Å². The Kier molecular flexibility index (Phi) is 5.05. The van der Waals surface area contributed by atoms with Crippen molar-refractivity contribution in [2.45, 2.75) is 19.9 Å². The monoisotopic (exact) mass is 231 g/mol. The SMILES string of the molecule is CCCN(Cc1cc(F)ccc1F)SC. The van der Waals surface area contributed by atoms with Crippen LogP contribution < -0.4 is 0 Å². The van der Waals surface area contributed by atoms with Crippen molar-refractivity contribution < 1.29 is 8.78 Å². The molecule has 0 spiro atoms. The molecule has 0 bridgehead atoms. The van der Waals surface area contributed by atoms with E-state index in [4.69, 9.17) is 0 Å². The van der Waals surface area contributed by atoms with Crippen molar-refractivity contribution in [1.82, 2.24) is 4.31 Å². The Balaban J connectivity index is 2.73. The molecule has 0 atom stereocenters. The molecule has 0 aliphatic heterocycles. The highest BCUT2D eigenvalue weighted by Gasteiger charge is 2.08. The standard InChI is InChI=1S/C11H15F2NS/c1-3-6-14(15-2)8-9-7-10(12)4-5-11(9)13/h4-5,7H,3,6,8H2,1-2H3. The van der Waals surface area contributed by atoms with Gasteiger partial charge in [-0.3, -0.25) is 0 Å². The minimum atomic E-state index is -0.385. The van der Waals surface area contributed by atoms with Crippen LogP contribution in [0, 0.1) is 11.6 Å². The second-order valence-electron chi connectivity index (χ2n) is 3.28. The first-order chi connectivity index (χ1) is 7.17. The lowest BCUT2D eigenvalue weighted by molar-refractivity contribution is 0.450. The van der Waals surface area contributed by atoms with Gasteiger partial charge in [-0.2, -0.15) is 0 Å². The van der Waals surface area contributed by atoms with Gasteiger partial charge in [0.25, 0.3) is 0 Å². The molecule has 4 heteroatoms. The van der Waals surface area contributed by atoms with Gasteiger partial charge in [-0.1, -0.05) is 18.9 Å². The molecule has 0 saturated heterocycles. The number of rotatable bonds is 5. The molecule has 0 aliphatic rings. The molecule has 0 N–H and O–H groups in total. The molecule has 1 rings (SSSR count). The van der Waals surface area contributed by atoms with Gasteiger partial charge >= 0.3 is 0 Å². The molecule has 15 heavy (non-hydrogen) atoms. The highest BCUT2D eigenvalue weighted by Crippen LogP contribution is 2.16. The van der Waals surface area contributed by atoms with E-state index in [1.165, 1.54) is 12.1 Å². The molecule has 0 heterocycles. The van der Waals surface area contributed by atoms with Crippen molar-refractivity contribution in [2.75, 3.05) is 12.8 Å². The minimum Gasteiger partial charge on any atom is -0.246 e. The third-order valence-corrected chi connectivity index (χ3v) is 2.91. The predicted octanol–water partition coefficient (Wildman–Crippen LogP) is 3.45. The van der Waals surface area contributed by atoms with Crippen LogP contribution in [0.25, 0.3) is 0 Å². The average molecular weight is 231 g/mol. The molecular formula is C11H15F2NS. The van der Waals surface area contributed by atoms with E-state index < -0.39 is 0 Å². The van der Waals surface area contributed by atoms with Crippen LogP contribution in [0.1, 0.15) is 18.9 Å². The molecule has 0 unspecified atom stereocenters. The molecule has 0 aliphatic carbocycles. The van der Waals surface area contributed by atoms with E-state index in [9.17, 15) is 8.78 Å². The molecular weight excluding hydrogens is 216 g/mol. The fourth-order valence-electron chi connectivity index (χ4n) is 1.34. The Morgan fingerprint density at radius 2 is 2.07 bits per heavy atom. The molecule has 84 valence electrons. The van der Waals surface area contributed by atoms with Gasteiger partial charge in [0.2, 0.25) is 0 Å². The van der Waals surface area contributed by atoms with Crippen LogP contribution in [-0.2, 0) is 6.54 Å². The lowest BCUT2D eigenvalue weighted by Crippen LogP contribution is -2.16. The molecule has 0 aromatic heterocycles. The van der Waals surface area contributed by atoms with Crippen LogP contribution in [0.5, 0.6) is 0 Å². The Morgan fingerprint density at radius 3 is 2.67 bits per heavy atom. The Hall–Kier alpha value is -0.610. The zero-order valence-electron chi connectivity index (χ0n) is 8.96. The maximum atomic E-state index is 13.3. The molecule has 0 radical (unpaired) electrons. The van der Waals surface area contributed by atoms with Crippen molar-refractivity contribution in [3.05, 3.63) is 35.4 Å². The third kappa shape index (κ3) is 3.80. The summed E-state index contributed by atoms with van der Waals surface area (Å²) < 4.78 is 28.2. The van der Waals surface area contributed by atoms with Gasteiger partial charge in [0.05, 0.1) is 0 Å². The fraction of sp³-hybridized carbons (Fsp3) is 0.455. The van der Waals surface area contributed by atoms with Crippen LogP contribution in [0.4, 0.5) is 8.78 Å². The topological polar surface area (TPSA) is 3.24 Å². The maximum Gasteiger partial charge on any atom is 0.127 e. The van der Waals surface area contributed by atoms with E-state index in [1.807, 2.05) is 10.6 Å². The summed E-state index contributed by atoms with van der Waals surface area (Å²) in [6.45, 7) is 3.38. The Bertz CT molecular complexity index is 317. The highest BCUT2D eigenvalue weighted by molar-refractivity contribution is 7.96. The van der Waals surface area contributed by atoms with E-state index in [2.05, 4.69) is 6.92 Å². The van der Waals surface area contributed by atoms with Gasteiger partial charge in [-0.25, -0.2) is 13.1 Å². The second kappa shape index (κ2) is 6.08. The summed E-state index contributed by atoms with van der Waals surface area (Å²) in [4.78, 5) is 0. The van der Waals surface area contributed by atoms with Gasteiger partial charge < -0.3 is 0 Å². The average Bonchev–Trinajstić information content (AvgIpc) is 2.22. The summed E-state index contributed by atoms with van der Waals surface area (Å²) in [5, 5.41) is 0. The first-order valence-corrected chi connectivity index (χ1v) is 6.08. The van der Waals surface area contributed by atoms with Gasteiger partial charge in [0.1, 0.15) is 11.6 Å². The molecule has 0 fully saturated rings. The van der Waals surface area contributed by atoms with Gasteiger partial charge in [0.15, 0.2) is 0 Å². The smallest absolute Gasteiger partial charge is 0.127 e. The number of hydrogen-bond donors (Lipinski definition) is 0. The number of halogens is 2. The number of hydrogen-bond acceptors (Lipinski definition) is 2. The van der Waals surface area contributed by atoms with Crippen LogP contribution >= 0.6 is 11.9 Å². The summed E-state index contributed by atoms with van der Waals surface area (Å²) in [5.74, 6) is -0.726. The zero-order chi connectivity index (χ0) is 11.3. The lowest BCUT2D eigenvalue weighted by Gasteiger charge is -2.18. The summed E-state index contributed by atoms with van der Waals surface area (Å²) in [6, 6.07) is 3.57. The van der Waals surface area contributed by atoms with Crippen LogP contribution in [0.3, 0.4) is 0 Å². The quantitative estimate of drug-likeness (QED) is 0.714. The van der Waals surface area contributed by atoms with Crippen molar-refractivity contribution in [2.24, 2.45) is 0 Å². The van der Waals surface area contributed by atoms with Gasteiger partial charge in [0, 0.05) is 18.7 Å². The zero-order valence-corrected chi connectivity index (χ0v) is 9.78. The predicted molar refractivity (Wildman–Crippen MR) is 60.6 cm³/mol. The van der Waals surface area contributed by atoms with Gasteiger partial charge in [-0.05, 0) is 30.9 Å². The third-order valence-electron chi connectivity index (χ3n) is 2.09. The van der Waals surface area contributed by atoms with E-state index in [0.717, 1.165) is 19.0 Å². The van der Waals surface area contributed by atoms with Crippen molar-refractivity contribution in [3.63, 3.8) is 0 Å². The van der Waals surface area contributed by atoms with E-state index in [-0.39, 0.29) is 11.6 Å². The van der Waals surface area contributed by atoms with E-state index in [1.54, 1.807) is 11.9 Å². The number of nitrogens with zero attached hydrogens (tertiary/aromatic N) is 1. The molecule has 1 aromatic carbocycles. The largest absolute Gasteiger partial charge is 0.246 e. The van der Waals surface area contributed by atoms with Crippen molar-refractivity contribution in [1.29, 1.82) is 0 Å².